The summed E-state index contributed by atoms with van der Waals surface area (Å²) in [5.41, 5.74) is 0.845. The van der Waals surface area contributed by atoms with Crippen molar-refractivity contribution in [2.45, 2.75) is 6.29 Å². The third-order valence-corrected chi connectivity index (χ3v) is 2.30. The van der Waals surface area contributed by atoms with Crippen molar-refractivity contribution in [3.05, 3.63) is 28.8 Å². The van der Waals surface area contributed by atoms with E-state index in [2.05, 4.69) is 0 Å². The smallest absolute Gasteiger partial charge is 0.187 e. The monoisotopic (exact) mass is 214 g/mol. The molecule has 1 heterocycles. The number of ether oxygens (including phenoxy) is 3. The first-order chi connectivity index (χ1) is 6.81. The van der Waals surface area contributed by atoms with Crippen molar-refractivity contribution in [2.24, 2.45) is 0 Å². The summed E-state index contributed by atoms with van der Waals surface area (Å²) in [5.74, 6) is 0.737. The Kier molecular flexibility index (Phi) is 2.91. The van der Waals surface area contributed by atoms with E-state index in [0.29, 0.717) is 18.2 Å². The van der Waals surface area contributed by atoms with Gasteiger partial charge in [0.15, 0.2) is 6.29 Å². The van der Waals surface area contributed by atoms with Gasteiger partial charge in [-0.15, -0.1) is 0 Å². The van der Waals surface area contributed by atoms with Crippen molar-refractivity contribution in [3.8, 4) is 5.75 Å². The molecule has 1 fully saturated rings. The Labute approximate surface area is 87.5 Å². The summed E-state index contributed by atoms with van der Waals surface area (Å²) in [5, 5.41) is 0.653. The van der Waals surface area contributed by atoms with E-state index in [-0.39, 0.29) is 6.29 Å². The predicted molar refractivity (Wildman–Crippen MR) is 52.6 cm³/mol. The first-order valence-electron chi connectivity index (χ1n) is 4.38. The molecule has 0 amide bonds. The Balaban J connectivity index is 2.33. The summed E-state index contributed by atoms with van der Waals surface area (Å²) in [4.78, 5) is 0. The fourth-order valence-corrected chi connectivity index (χ4v) is 1.61. The highest BCUT2D eigenvalue weighted by Gasteiger charge is 2.22. The molecule has 1 saturated heterocycles. The van der Waals surface area contributed by atoms with Gasteiger partial charge in [0.1, 0.15) is 5.75 Å². The van der Waals surface area contributed by atoms with E-state index < -0.39 is 0 Å². The first-order valence-corrected chi connectivity index (χ1v) is 4.75. The van der Waals surface area contributed by atoms with Crippen molar-refractivity contribution < 1.29 is 14.2 Å². The molecule has 0 unspecified atom stereocenters. The van der Waals surface area contributed by atoms with Gasteiger partial charge in [0.05, 0.1) is 25.9 Å². The Morgan fingerprint density at radius 2 is 2.07 bits per heavy atom. The Morgan fingerprint density at radius 3 is 2.71 bits per heavy atom. The highest BCUT2D eigenvalue weighted by molar-refractivity contribution is 6.30. The van der Waals surface area contributed by atoms with Gasteiger partial charge in [-0.3, -0.25) is 0 Å². The minimum absolute atomic E-state index is 0.344. The quantitative estimate of drug-likeness (QED) is 0.757. The highest BCUT2D eigenvalue weighted by Crippen LogP contribution is 2.32. The predicted octanol–water partition coefficient (Wildman–Crippen LogP) is 2.39. The van der Waals surface area contributed by atoms with Gasteiger partial charge in [-0.25, -0.2) is 0 Å². The van der Waals surface area contributed by atoms with Gasteiger partial charge in [0.2, 0.25) is 0 Å². The summed E-state index contributed by atoms with van der Waals surface area (Å²) in [7, 11) is 1.61. The molecule has 1 aromatic rings. The molecule has 0 saturated carbocycles. The summed E-state index contributed by atoms with van der Waals surface area (Å²) in [6.45, 7) is 1.22. The van der Waals surface area contributed by atoms with E-state index in [1.165, 1.54) is 0 Å². The van der Waals surface area contributed by atoms with E-state index >= 15 is 0 Å². The second-order valence-electron chi connectivity index (χ2n) is 2.96. The minimum Gasteiger partial charge on any atom is -0.496 e. The molecule has 0 N–H and O–H groups in total. The molecular weight excluding hydrogens is 204 g/mol. The van der Waals surface area contributed by atoms with Crippen LogP contribution in [0.25, 0.3) is 0 Å². The average molecular weight is 215 g/mol. The fourth-order valence-electron chi connectivity index (χ4n) is 1.43. The zero-order valence-electron chi connectivity index (χ0n) is 7.83. The van der Waals surface area contributed by atoms with E-state index in [9.17, 15) is 0 Å². The van der Waals surface area contributed by atoms with Crippen molar-refractivity contribution in [1.29, 1.82) is 0 Å². The van der Waals surface area contributed by atoms with Crippen molar-refractivity contribution in [3.63, 3.8) is 0 Å². The van der Waals surface area contributed by atoms with E-state index in [1.54, 1.807) is 19.2 Å². The molecule has 4 heteroatoms. The van der Waals surface area contributed by atoms with Crippen LogP contribution in [0, 0.1) is 0 Å². The average Bonchev–Trinajstić information content (AvgIpc) is 2.70. The lowest BCUT2D eigenvalue weighted by molar-refractivity contribution is -0.0454. The van der Waals surface area contributed by atoms with Gasteiger partial charge in [0, 0.05) is 5.02 Å². The lowest BCUT2D eigenvalue weighted by atomic mass is 10.2. The highest BCUT2D eigenvalue weighted by atomic mass is 35.5. The molecule has 1 aliphatic rings. The number of hydrogen-bond acceptors (Lipinski definition) is 3. The molecule has 0 aromatic heterocycles. The van der Waals surface area contributed by atoms with E-state index in [0.717, 1.165) is 11.3 Å². The first kappa shape index (κ1) is 9.77. The lowest BCUT2D eigenvalue weighted by Gasteiger charge is -2.13. The number of rotatable bonds is 2. The van der Waals surface area contributed by atoms with Crippen LogP contribution in [0.15, 0.2) is 18.2 Å². The summed E-state index contributed by atoms with van der Waals surface area (Å²) < 4.78 is 15.9. The van der Waals surface area contributed by atoms with E-state index in [1.807, 2.05) is 6.07 Å². The van der Waals surface area contributed by atoms with Crippen LogP contribution >= 0.6 is 11.6 Å². The molecule has 1 aromatic carbocycles. The molecule has 2 rings (SSSR count). The number of hydrogen-bond donors (Lipinski definition) is 0. The molecule has 0 aliphatic carbocycles. The fraction of sp³-hybridized carbons (Fsp3) is 0.400. The molecule has 0 bridgehead atoms. The van der Waals surface area contributed by atoms with E-state index in [4.69, 9.17) is 25.8 Å². The summed E-state index contributed by atoms with van der Waals surface area (Å²) >= 11 is 5.89. The zero-order valence-corrected chi connectivity index (χ0v) is 8.58. The maximum absolute atomic E-state index is 5.89. The molecule has 14 heavy (non-hydrogen) atoms. The van der Waals surface area contributed by atoms with Crippen LogP contribution in [-0.2, 0) is 9.47 Å². The van der Waals surface area contributed by atoms with Crippen molar-refractivity contribution >= 4 is 11.6 Å². The second-order valence-corrected chi connectivity index (χ2v) is 3.40. The Hall–Kier alpha value is -0.770. The van der Waals surface area contributed by atoms with Crippen LogP contribution in [-0.4, -0.2) is 20.3 Å². The number of methoxy groups -OCH3 is 1. The molecule has 0 spiro atoms. The van der Waals surface area contributed by atoms with Gasteiger partial charge in [-0.05, 0) is 18.2 Å². The van der Waals surface area contributed by atoms with Crippen LogP contribution in [0.3, 0.4) is 0 Å². The van der Waals surface area contributed by atoms with Crippen LogP contribution in [0.2, 0.25) is 5.02 Å². The number of benzene rings is 1. The molecular formula is C10H11ClO3. The SMILES string of the molecule is COc1ccc(Cl)cc1C1OCCO1. The van der Waals surface area contributed by atoms with Crippen molar-refractivity contribution in [2.75, 3.05) is 20.3 Å². The van der Waals surface area contributed by atoms with Crippen LogP contribution in [0.5, 0.6) is 5.75 Å². The maximum atomic E-state index is 5.89. The topological polar surface area (TPSA) is 27.7 Å². The summed E-state index contributed by atoms with van der Waals surface area (Å²) in [6, 6.07) is 5.39. The van der Waals surface area contributed by atoms with Gasteiger partial charge in [-0.2, -0.15) is 0 Å². The molecule has 1 aliphatic heterocycles. The lowest BCUT2D eigenvalue weighted by Crippen LogP contribution is -2.01. The minimum atomic E-state index is -0.344. The second kappa shape index (κ2) is 4.17. The Morgan fingerprint density at radius 1 is 1.36 bits per heavy atom. The van der Waals surface area contributed by atoms with Gasteiger partial charge >= 0.3 is 0 Å². The third-order valence-electron chi connectivity index (χ3n) is 2.07. The van der Waals surface area contributed by atoms with Crippen LogP contribution in [0.4, 0.5) is 0 Å². The third kappa shape index (κ3) is 1.85. The van der Waals surface area contributed by atoms with Gasteiger partial charge in [0.25, 0.3) is 0 Å². The summed E-state index contributed by atoms with van der Waals surface area (Å²) in [6.07, 6.45) is -0.344. The normalized spacial score (nSPS) is 17.3. The zero-order chi connectivity index (χ0) is 9.97. The molecule has 3 nitrogen and oxygen atoms in total. The number of halogens is 1. The Bertz CT molecular complexity index is 321. The van der Waals surface area contributed by atoms with Gasteiger partial charge in [-0.1, -0.05) is 11.6 Å². The maximum Gasteiger partial charge on any atom is 0.187 e. The van der Waals surface area contributed by atoms with Crippen LogP contribution < -0.4 is 4.74 Å². The largest absolute Gasteiger partial charge is 0.496 e. The molecule has 0 radical (unpaired) electrons. The van der Waals surface area contributed by atoms with Crippen molar-refractivity contribution in [1.82, 2.24) is 0 Å². The van der Waals surface area contributed by atoms with Crippen LogP contribution in [0.1, 0.15) is 11.9 Å². The standard InChI is InChI=1S/C10H11ClO3/c1-12-9-3-2-7(11)6-8(9)10-13-4-5-14-10/h2-3,6,10H,4-5H2,1H3. The van der Waals surface area contributed by atoms with Gasteiger partial charge < -0.3 is 14.2 Å². The molecule has 76 valence electrons. The molecule has 0 atom stereocenters.